The van der Waals surface area contributed by atoms with Gasteiger partial charge in [-0.25, -0.2) is 0 Å². The molecule has 0 spiro atoms. The quantitative estimate of drug-likeness (QED) is 0.460. The zero-order valence-corrected chi connectivity index (χ0v) is 17.3. The summed E-state index contributed by atoms with van der Waals surface area (Å²) in [5.74, 6) is 0. The minimum atomic E-state index is 0.139. The molecule has 126 valence electrons. The summed E-state index contributed by atoms with van der Waals surface area (Å²) in [5, 5.41) is 1.66. The van der Waals surface area contributed by atoms with Crippen LogP contribution in [-0.2, 0) is 7.05 Å². The molecule has 3 heteroatoms. The summed E-state index contributed by atoms with van der Waals surface area (Å²) in [5.41, 5.74) is 10.6. The van der Waals surface area contributed by atoms with E-state index in [2.05, 4.69) is 76.0 Å². The lowest BCUT2D eigenvalue weighted by Crippen LogP contribution is -2.15. The maximum absolute atomic E-state index is 13.5. The third kappa shape index (κ3) is 1.97. The minimum absolute atomic E-state index is 0.139. The van der Waals surface area contributed by atoms with Gasteiger partial charge in [0.2, 0.25) is 0 Å². The number of hydrogen-bond acceptors (Lipinski definition) is 1. The van der Waals surface area contributed by atoms with E-state index in [1.54, 1.807) is 0 Å². The van der Waals surface area contributed by atoms with Crippen molar-refractivity contribution in [2.24, 2.45) is 7.05 Å². The van der Waals surface area contributed by atoms with Crippen molar-refractivity contribution in [1.29, 1.82) is 0 Å². The van der Waals surface area contributed by atoms with Crippen molar-refractivity contribution in [2.45, 2.75) is 48.5 Å². The average molecular weight is 386 g/mol. The fourth-order valence-corrected chi connectivity index (χ4v) is 4.62. The van der Waals surface area contributed by atoms with Crippen LogP contribution in [0.15, 0.2) is 9.27 Å². The summed E-state index contributed by atoms with van der Waals surface area (Å²) in [4.78, 5) is 13.5. The number of halogens is 1. The fraction of sp³-hybridized carbons (Fsp3) is 0.381. The monoisotopic (exact) mass is 385 g/mol. The summed E-state index contributed by atoms with van der Waals surface area (Å²) in [7, 11) is 2.08. The summed E-state index contributed by atoms with van der Waals surface area (Å²) >= 11 is 3.70. The molecule has 3 rings (SSSR count). The number of hydrogen-bond donors (Lipinski definition) is 0. The van der Waals surface area contributed by atoms with Gasteiger partial charge in [0.15, 0.2) is 5.43 Å². The highest BCUT2D eigenvalue weighted by Gasteiger charge is 2.21. The van der Waals surface area contributed by atoms with Crippen LogP contribution in [0.3, 0.4) is 0 Å². The van der Waals surface area contributed by atoms with Crippen LogP contribution >= 0.6 is 15.9 Å². The van der Waals surface area contributed by atoms with E-state index in [-0.39, 0.29) is 5.43 Å². The van der Waals surface area contributed by atoms with Crippen molar-refractivity contribution in [3.8, 4) is 0 Å². The lowest BCUT2D eigenvalue weighted by atomic mass is 9.91. The predicted octanol–water partition coefficient (Wildman–Crippen LogP) is 5.61. The van der Waals surface area contributed by atoms with Gasteiger partial charge in [0.25, 0.3) is 0 Å². The van der Waals surface area contributed by atoms with E-state index in [1.807, 2.05) is 0 Å². The van der Waals surface area contributed by atoms with Gasteiger partial charge in [0.1, 0.15) is 0 Å². The molecule has 0 amide bonds. The number of rotatable bonds is 0. The Morgan fingerprint density at radius 1 is 0.625 bits per heavy atom. The van der Waals surface area contributed by atoms with Gasteiger partial charge >= 0.3 is 0 Å². The Labute approximate surface area is 151 Å². The molecule has 2 nitrogen and oxygen atoms in total. The van der Waals surface area contributed by atoms with Gasteiger partial charge in [0, 0.05) is 16.9 Å². The zero-order chi connectivity index (χ0) is 18.1. The highest BCUT2D eigenvalue weighted by Crippen LogP contribution is 2.35. The number of pyridine rings is 1. The van der Waals surface area contributed by atoms with Crippen LogP contribution in [0.5, 0.6) is 0 Å². The molecule has 1 heterocycles. The molecular weight excluding hydrogens is 362 g/mol. The van der Waals surface area contributed by atoms with Gasteiger partial charge in [-0.2, -0.15) is 0 Å². The summed E-state index contributed by atoms with van der Waals surface area (Å²) in [6.45, 7) is 14.8. The Morgan fingerprint density at radius 3 is 1.58 bits per heavy atom. The number of aromatic nitrogens is 1. The largest absolute Gasteiger partial charge is 0.343 e. The standard InChI is InChI=1S/C21H24BrNO/c1-9-10(2)14(6)19-16(12(9)4)21(24)17-18(22)13(5)11(3)15(7)20(17)23(19)8/h1-8H3. The Hall–Kier alpha value is -1.61. The van der Waals surface area contributed by atoms with E-state index in [0.29, 0.717) is 0 Å². The second-order valence-electron chi connectivity index (χ2n) is 7.02. The lowest BCUT2D eigenvalue weighted by molar-refractivity contribution is 0.980. The highest BCUT2D eigenvalue weighted by atomic mass is 79.9. The van der Waals surface area contributed by atoms with Gasteiger partial charge in [-0.3, -0.25) is 4.79 Å². The van der Waals surface area contributed by atoms with E-state index < -0.39 is 0 Å². The maximum Gasteiger partial charge on any atom is 0.198 e. The summed E-state index contributed by atoms with van der Waals surface area (Å²) < 4.78 is 3.14. The third-order valence-corrected chi connectivity index (χ3v) is 7.04. The predicted molar refractivity (Wildman–Crippen MR) is 108 cm³/mol. The van der Waals surface area contributed by atoms with Crippen LogP contribution < -0.4 is 5.43 Å². The fourth-order valence-electron chi connectivity index (χ4n) is 3.96. The average Bonchev–Trinajstić information content (AvgIpc) is 2.55. The van der Waals surface area contributed by atoms with Crippen LogP contribution in [0.4, 0.5) is 0 Å². The molecule has 2 aromatic carbocycles. The van der Waals surface area contributed by atoms with Crippen LogP contribution in [-0.4, -0.2) is 4.57 Å². The van der Waals surface area contributed by atoms with E-state index in [9.17, 15) is 4.79 Å². The molecule has 0 bridgehead atoms. The lowest BCUT2D eigenvalue weighted by Gasteiger charge is -2.21. The van der Waals surface area contributed by atoms with Crippen LogP contribution in [0.2, 0.25) is 0 Å². The van der Waals surface area contributed by atoms with Gasteiger partial charge in [-0.1, -0.05) is 0 Å². The minimum Gasteiger partial charge on any atom is -0.343 e. The number of nitrogens with zero attached hydrogens (tertiary/aromatic N) is 1. The normalized spacial score (nSPS) is 11.7. The highest BCUT2D eigenvalue weighted by molar-refractivity contribution is 9.10. The topological polar surface area (TPSA) is 22.0 Å². The molecule has 0 unspecified atom stereocenters. The van der Waals surface area contributed by atoms with Crippen molar-refractivity contribution in [3.63, 3.8) is 0 Å². The molecule has 0 saturated carbocycles. The van der Waals surface area contributed by atoms with Crippen LogP contribution in [0.25, 0.3) is 21.8 Å². The molecule has 0 saturated heterocycles. The molecule has 0 atom stereocenters. The molecule has 0 fully saturated rings. The van der Waals surface area contributed by atoms with Crippen LogP contribution in [0, 0.1) is 48.5 Å². The maximum atomic E-state index is 13.5. The van der Waals surface area contributed by atoms with Crippen molar-refractivity contribution in [3.05, 3.63) is 53.6 Å². The molecule has 24 heavy (non-hydrogen) atoms. The van der Waals surface area contributed by atoms with Gasteiger partial charge in [-0.15, -0.1) is 0 Å². The van der Waals surface area contributed by atoms with E-state index >= 15 is 0 Å². The molecule has 1 aromatic heterocycles. The number of aryl methyl sites for hydroxylation is 4. The first-order valence-electron chi connectivity index (χ1n) is 8.29. The Balaban J connectivity index is 2.85. The van der Waals surface area contributed by atoms with Gasteiger partial charge < -0.3 is 4.57 Å². The van der Waals surface area contributed by atoms with E-state index in [1.165, 1.54) is 27.8 Å². The van der Waals surface area contributed by atoms with E-state index in [4.69, 9.17) is 0 Å². The smallest absolute Gasteiger partial charge is 0.198 e. The van der Waals surface area contributed by atoms with E-state index in [0.717, 1.165) is 37.4 Å². The molecule has 0 aliphatic carbocycles. The first-order chi connectivity index (χ1) is 11.1. The Morgan fingerprint density at radius 2 is 1.04 bits per heavy atom. The number of benzene rings is 2. The number of fused-ring (bicyclic) bond motifs is 2. The van der Waals surface area contributed by atoms with Crippen LogP contribution in [0.1, 0.15) is 38.9 Å². The SMILES string of the molecule is Cc1c(C)c(C)c2c(c1C)c(=O)c1c(Br)c(C)c(C)c(C)c1n2C. The second-order valence-corrected chi connectivity index (χ2v) is 7.82. The first kappa shape index (κ1) is 17.2. The van der Waals surface area contributed by atoms with Crippen molar-refractivity contribution < 1.29 is 0 Å². The molecule has 0 aliphatic heterocycles. The second kappa shape index (κ2) is 5.45. The zero-order valence-electron chi connectivity index (χ0n) is 15.7. The molecule has 0 radical (unpaired) electrons. The summed E-state index contributed by atoms with van der Waals surface area (Å²) in [6.07, 6.45) is 0. The van der Waals surface area contributed by atoms with Gasteiger partial charge in [0.05, 0.1) is 16.4 Å². The Kier molecular flexibility index (Phi) is 3.91. The summed E-state index contributed by atoms with van der Waals surface area (Å²) in [6, 6.07) is 0. The first-order valence-corrected chi connectivity index (χ1v) is 9.08. The van der Waals surface area contributed by atoms with Gasteiger partial charge in [-0.05, 0) is 103 Å². The van der Waals surface area contributed by atoms with Crippen molar-refractivity contribution >= 4 is 37.7 Å². The van der Waals surface area contributed by atoms with Crippen molar-refractivity contribution in [2.75, 3.05) is 0 Å². The van der Waals surface area contributed by atoms with Crippen molar-refractivity contribution in [1.82, 2.24) is 4.57 Å². The molecule has 3 aromatic rings. The molecular formula is C21H24BrNO. The Bertz CT molecular complexity index is 1020. The molecule has 0 aliphatic rings. The molecule has 0 N–H and O–H groups in total. The third-order valence-electron chi connectivity index (χ3n) is 6.05.